The summed E-state index contributed by atoms with van der Waals surface area (Å²) < 4.78 is 38.3. The van der Waals surface area contributed by atoms with Crippen LogP contribution in [0.25, 0.3) is 0 Å². The van der Waals surface area contributed by atoms with Crippen LogP contribution in [0.3, 0.4) is 0 Å². The highest BCUT2D eigenvalue weighted by Gasteiger charge is 2.49. The standard InChI is InChI=1S/C24H28O9/c1-8-33-24(26)19-17(12-9-14(27-2)21(30-5)15(10-12)28-3)18-13(20(19)25)11-16(29-4)22(31-6)23(18)32-7/h9-11,17,19H,8H2,1-7H3/t17-,19+/m1/s1. The first-order chi connectivity index (χ1) is 15.9. The Morgan fingerprint density at radius 3 is 1.73 bits per heavy atom. The molecule has 1 aliphatic carbocycles. The molecule has 1 aliphatic rings. The molecular weight excluding hydrogens is 432 g/mol. The van der Waals surface area contributed by atoms with Crippen molar-refractivity contribution in [3.8, 4) is 34.5 Å². The fraction of sp³-hybridized carbons (Fsp3) is 0.417. The molecule has 0 heterocycles. The molecule has 0 radical (unpaired) electrons. The maximum atomic E-state index is 13.5. The Morgan fingerprint density at radius 2 is 1.27 bits per heavy atom. The van der Waals surface area contributed by atoms with Crippen molar-refractivity contribution in [1.82, 2.24) is 0 Å². The van der Waals surface area contributed by atoms with Crippen molar-refractivity contribution in [3.63, 3.8) is 0 Å². The molecule has 0 aliphatic heterocycles. The van der Waals surface area contributed by atoms with Crippen molar-refractivity contribution in [2.45, 2.75) is 12.8 Å². The van der Waals surface area contributed by atoms with Gasteiger partial charge in [0, 0.05) is 17.0 Å². The van der Waals surface area contributed by atoms with Gasteiger partial charge >= 0.3 is 5.97 Å². The monoisotopic (exact) mass is 460 g/mol. The molecular formula is C24H28O9. The van der Waals surface area contributed by atoms with E-state index in [9.17, 15) is 9.59 Å². The summed E-state index contributed by atoms with van der Waals surface area (Å²) in [5, 5.41) is 0. The minimum atomic E-state index is -1.14. The van der Waals surface area contributed by atoms with Crippen LogP contribution in [0.1, 0.15) is 34.3 Å². The first-order valence-electron chi connectivity index (χ1n) is 10.3. The number of carbonyl (C=O) groups is 2. The fourth-order valence-corrected chi connectivity index (χ4v) is 4.29. The number of rotatable bonds is 9. The van der Waals surface area contributed by atoms with Gasteiger partial charge in [-0.25, -0.2) is 0 Å². The average Bonchev–Trinajstić information content (AvgIpc) is 3.13. The number of carbonyl (C=O) groups excluding carboxylic acids is 2. The van der Waals surface area contributed by atoms with Crippen molar-refractivity contribution in [2.24, 2.45) is 5.92 Å². The molecule has 0 fully saturated rings. The van der Waals surface area contributed by atoms with Crippen LogP contribution in [0, 0.1) is 5.92 Å². The second-order valence-corrected chi connectivity index (χ2v) is 7.14. The van der Waals surface area contributed by atoms with Gasteiger partial charge in [-0.15, -0.1) is 0 Å². The average molecular weight is 460 g/mol. The highest BCUT2D eigenvalue weighted by Crippen LogP contribution is 2.55. The van der Waals surface area contributed by atoms with E-state index in [-0.39, 0.29) is 6.61 Å². The molecule has 0 saturated carbocycles. The van der Waals surface area contributed by atoms with Gasteiger partial charge in [-0.05, 0) is 30.7 Å². The van der Waals surface area contributed by atoms with Crippen molar-refractivity contribution in [3.05, 3.63) is 34.9 Å². The third-order valence-corrected chi connectivity index (χ3v) is 5.65. The number of benzene rings is 2. The number of ketones is 1. The first-order valence-corrected chi connectivity index (χ1v) is 10.3. The number of esters is 1. The Balaban J connectivity index is 2.38. The van der Waals surface area contributed by atoms with E-state index in [1.165, 1.54) is 42.7 Å². The molecule has 0 bridgehead atoms. The smallest absolute Gasteiger partial charge is 0.317 e. The Labute approximate surface area is 192 Å². The van der Waals surface area contributed by atoms with Gasteiger partial charge in [0.25, 0.3) is 0 Å². The maximum Gasteiger partial charge on any atom is 0.317 e. The van der Waals surface area contributed by atoms with E-state index in [1.54, 1.807) is 25.1 Å². The lowest BCUT2D eigenvalue weighted by molar-refractivity contribution is -0.146. The Bertz CT molecular complexity index is 1040. The number of Topliss-reactive ketones (excluding diaryl/α,β-unsaturated/α-hetero) is 1. The van der Waals surface area contributed by atoms with Crippen molar-refractivity contribution < 1.29 is 42.7 Å². The van der Waals surface area contributed by atoms with E-state index in [0.29, 0.717) is 51.2 Å². The molecule has 2 aromatic carbocycles. The Morgan fingerprint density at radius 1 is 0.758 bits per heavy atom. The summed E-state index contributed by atoms with van der Waals surface area (Å²) in [6, 6.07) is 4.97. The summed E-state index contributed by atoms with van der Waals surface area (Å²) >= 11 is 0. The van der Waals surface area contributed by atoms with Crippen LogP contribution in [0.4, 0.5) is 0 Å². The van der Waals surface area contributed by atoms with Gasteiger partial charge in [-0.1, -0.05) is 0 Å². The molecule has 9 nitrogen and oxygen atoms in total. The van der Waals surface area contributed by atoms with Gasteiger partial charge in [0.2, 0.25) is 11.5 Å². The number of ether oxygens (including phenoxy) is 7. The largest absolute Gasteiger partial charge is 0.493 e. The van der Waals surface area contributed by atoms with Gasteiger partial charge in [-0.2, -0.15) is 0 Å². The predicted octanol–water partition coefficient (Wildman–Crippen LogP) is 3.25. The quantitative estimate of drug-likeness (QED) is 0.412. The van der Waals surface area contributed by atoms with E-state index >= 15 is 0 Å². The van der Waals surface area contributed by atoms with Crippen LogP contribution >= 0.6 is 0 Å². The van der Waals surface area contributed by atoms with Crippen LogP contribution < -0.4 is 28.4 Å². The molecule has 2 atom stereocenters. The molecule has 2 aromatic rings. The van der Waals surface area contributed by atoms with Gasteiger partial charge in [0.05, 0.1) is 49.3 Å². The predicted molar refractivity (Wildman–Crippen MR) is 118 cm³/mol. The molecule has 178 valence electrons. The minimum absolute atomic E-state index is 0.130. The molecule has 0 unspecified atom stereocenters. The highest BCUT2D eigenvalue weighted by molar-refractivity contribution is 6.15. The van der Waals surface area contributed by atoms with Gasteiger partial charge in [0.15, 0.2) is 28.8 Å². The Hall–Kier alpha value is -3.62. The van der Waals surface area contributed by atoms with Crippen LogP contribution in [-0.4, -0.2) is 61.0 Å². The van der Waals surface area contributed by atoms with Crippen molar-refractivity contribution in [2.75, 3.05) is 49.3 Å². The lowest BCUT2D eigenvalue weighted by Gasteiger charge is -2.23. The normalized spacial score (nSPS) is 16.6. The van der Waals surface area contributed by atoms with Crippen LogP contribution in [0.5, 0.6) is 34.5 Å². The molecule has 3 rings (SSSR count). The third kappa shape index (κ3) is 3.88. The number of methoxy groups -OCH3 is 6. The summed E-state index contributed by atoms with van der Waals surface area (Å²) in [6.07, 6.45) is 0. The molecule has 0 saturated heterocycles. The van der Waals surface area contributed by atoms with Gasteiger partial charge < -0.3 is 33.2 Å². The van der Waals surface area contributed by atoms with E-state index < -0.39 is 23.6 Å². The van der Waals surface area contributed by atoms with E-state index in [2.05, 4.69) is 0 Å². The number of hydrogen-bond acceptors (Lipinski definition) is 9. The second kappa shape index (κ2) is 9.89. The lowest BCUT2D eigenvalue weighted by Crippen LogP contribution is -2.27. The van der Waals surface area contributed by atoms with E-state index in [0.717, 1.165) is 0 Å². The zero-order valence-corrected chi connectivity index (χ0v) is 19.8. The van der Waals surface area contributed by atoms with Crippen LogP contribution in [0.2, 0.25) is 0 Å². The summed E-state index contributed by atoms with van der Waals surface area (Å²) in [5.74, 6) is -0.860. The summed E-state index contributed by atoms with van der Waals surface area (Å²) in [7, 11) is 8.88. The summed E-state index contributed by atoms with van der Waals surface area (Å²) in [4.78, 5) is 26.5. The third-order valence-electron chi connectivity index (χ3n) is 5.65. The van der Waals surface area contributed by atoms with Crippen molar-refractivity contribution in [1.29, 1.82) is 0 Å². The minimum Gasteiger partial charge on any atom is -0.493 e. The highest BCUT2D eigenvalue weighted by atomic mass is 16.5. The van der Waals surface area contributed by atoms with Gasteiger partial charge in [0.1, 0.15) is 5.92 Å². The fourth-order valence-electron chi connectivity index (χ4n) is 4.29. The van der Waals surface area contributed by atoms with Crippen molar-refractivity contribution >= 4 is 11.8 Å². The number of fused-ring (bicyclic) bond motifs is 1. The van der Waals surface area contributed by atoms with Crippen LogP contribution in [0.15, 0.2) is 18.2 Å². The molecule has 0 N–H and O–H groups in total. The number of hydrogen-bond donors (Lipinski definition) is 0. The zero-order chi connectivity index (χ0) is 24.3. The SMILES string of the molecule is CCOC(=O)[C@@H]1C(=O)c2cc(OC)c(OC)c(OC)c2[C@H]1c1cc(OC)c(OC)c(OC)c1. The van der Waals surface area contributed by atoms with Crippen LogP contribution in [-0.2, 0) is 9.53 Å². The summed E-state index contributed by atoms with van der Waals surface area (Å²) in [6.45, 7) is 1.82. The topological polar surface area (TPSA) is 98.8 Å². The lowest BCUT2D eigenvalue weighted by atomic mass is 9.84. The van der Waals surface area contributed by atoms with Gasteiger partial charge in [-0.3, -0.25) is 9.59 Å². The Kier molecular flexibility index (Phi) is 7.20. The van der Waals surface area contributed by atoms with E-state index in [4.69, 9.17) is 33.2 Å². The second-order valence-electron chi connectivity index (χ2n) is 7.14. The molecule has 0 aromatic heterocycles. The zero-order valence-electron chi connectivity index (χ0n) is 19.8. The summed E-state index contributed by atoms with van der Waals surface area (Å²) in [5.41, 5.74) is 1.37. The molecule has 0 amide bonds. The first kappa shape index (κ1) is 24.0. The molecule has 33 heavy (non-hydrogen) atoms. The molecule has 0 spiro atoms. The molecule has 9 heteroatoms. The van der Waals surface area contributed by atoms with E-state index in [1.807, 2.05) is 0 Å². The maximum absolute atomic E-state index is 13.5.